The van der Waals surface area contributed by atoms with E-state index in [1.165, 1.54) is 12.0 Å². The second-order valence-corrected chi connectivity index (χ2v) is 6.12. The van der Waals surface area contributed by atoms with E-state index in [0.717, 1.165) is 12.3 Å². The first-order chi connectivity index (χ1) is 6.86. The Hall–Kier alpha value is -0.300. The van der Waals surface area contributed by atoms with Crippen molar-refractivity contribution in [3.63, 3.8) is 0 Å². The van der Waals surface area contributed by atoms with Gasteiger partial charge in [-0.2, -0.15) is 0 Å². The summed E-state index contributed by atoms with van der Waals surface area (Å²) in [5.74, 6) is 1.90. The molecule has 0 aromatic heterocycles. The predicted octanol–water partition coefficient (Wildman–Crippen LogP) is 3.63. The zero-order valence-corrected chi connectivity index (χ0v) is 10.9. The Kier molecular flexibility index (Phi) is 3.99. The lowest BCUT2D eigenvalue weighted by Gasteiger charge is -2.33. The Morgan fingerprint density at radius 3 is 2.47 bits per heavy atom. The molecule has 0 aromatic rings. The maximum Gasteiger partial charge on any atom is 0.0456 e. The van der Waals surface area contributed by atoms with Crippen molar-refractivity contribution in [3.8, 4) is 0 Å². The molecule has 3 atom stereocenters. The minimum absolute atomic E-state index is 0.323. The molecule has 1 aliphatic carbocycles. The Morgan fingerprint density at radius 1 is 1.47 bits per heavy atom. The maximum atomic E-state index is 9.10. The van der Waals surface area contributed by atoms with E-state index in [4.69, 9.17) is 5.11 Å². The van der Waals surface area contributed by atoms with Crippen molar-refractivity contribution < 1.29 is 5.11 Å². The first-order valence-corrected chi connectivity index (χ1v) is 6.16. The molecule has 0 spiro atoms. The number of hydrogen-bond donors (Lipinski definition) is 1. The summed E-state index contributed by atoms with van der Waals surface area (Å²) in [4.78, 5) is 0. The van der Waals surface area contributed by atoms with Gasteiger partial charge in [-0.3, -0.25) is 0 Å². The van der Waals surface area contributed by atoms with Gasteiger partial charge in [0.2, 0.25) is 0 Å². The highest BCUT2D eigenvalue weighted by Crippen LogP contribution is 2.46. The summed E-state index contributed by atoms with van der Waals surface area (Å²) in [6.45, 7) is 11.7. The summed E-state index contributed by atoms with van der Waals surface area (Å²) in [5.41, 5.74) is 1.88. The maximum absolute atomic E-state index is 9.10. The zero-order chi connectivity index (χ0) is 11.6. The summed E-state index contributed by atoms with van der Waals surface area (Å²) in [5, 5.41) is 9.10. The molecule has 0 amide bonds. The van der Waals surface area contributed by atoms with Gasteiger partial charge in [0.05, 0.1) is 0 Å². The first kappa shape index (κ1) is 12.8. The van der Waals surface area contributed by atoms with Crippen LogP contribution in [0.3, 0.4) is 0 Å². The van der Waals surface area contributed by atoms with Gasteiger partial charge in [0, 0.05) is 6.61 Å². The molecular formula is C14H26O. The van der Waals surface area contributed by atoms with E-state index in [1.807, 2.05) is 0 Å². The molecule has 3 unspecified atom stereocenters. The van der Waals surface area contributed by atoms with E-state index in [1.54, 1.807) is 0 Å². The van der Waals surface area contributed by atoms with Gasteiger partial charge < -0.3 is 5.11 Å². The molecule has 1 nitrogen and oxygen atoms in total. The molecule has 1 aliphatic rings. The number of rotatable bonds is 4. The quantitative estimate of drug-likeness (QED) is 0.702. The van der Waals surface area contributed by atoms with Crippen LogP contribution < -0.4 is 0 Å². The van der Waals surface area contributed by atoms with E-state index in [2.05, 4.69) is 40.7 Å². The molecule has 1 rings (SSSR count). The second kappa shape index (κ2) is 4.69. The summed E-state index contributed by atoms with van der Waals surface area (Å²) in [6.07, 6.45) is 4.82. The fourth-order valence-electron chi connectivity index (χ4n) is 3.22. The molecule has 0 radical (unpaired) electrons. The SMILES string of the molecule is CC1=CC(C)(C)C(C(C)CC(C)CO)C1. The van der Waals surface area contributed by atoms with Gasteiger partial charge in [0.1, 0.15) is 0 Å². The van der Waals surface area contributed by atoms with E-state index in [0.29, 0.717) is 23.9 Å². The van der Waals surface area contributed by atoms with Gasteiger partial charge in [-0.15, -0.1) is 0 Å². The van der Waals surface area contributed by atoms with Crippen LogP contribution in [0.1, 0.15) is 47.5 Å². The molecule has 0 aliphatic heterocycles. The molecule has 15 heavy (non-hydrogen) atoms. The van der Waals surface area contributed by atoms with Crippen molar-refractivity contribution >= 4 is 0 Å². The Morgan fingerprint density at radius 2 is 2.07 bits per heavy atom. The lowest BCUT2D eigenvalue weighted by Crippen LogP contribution is -2.25. The van der Waals surface area contributed by atoms with Gasteiger partial charge in [-0.1, -0.05) is 39.3 Å². The fourth-order valence-corrected chi connectivity index (χ4v) is 3.22. The van der Waals surface area contributed by atoms with Crippen LogP contribution in [0, 0.1) is 23.2 Å². The predicted molar refractivity (Wildman–Crippen MR) is 65.7 cm³/mol. The van der Waals surface area contributed by atoms with Crippen LogP contribution in [0.25, 0.3) is 0 Å². The fraction of sp³-hybridized carbons (Fsp3) is 0.857. The average molecular weight is 210 g/mol. The largest absolute Gasteiger partial charge is 0.396 e. The Labute approximate surface area is 94.6 Å². The van der Waals surface area contributed by atoms with E-state index in [9.17, 15) is 0 Å². The van der Waals surface area contributed by atoms with Crippen LogP contribution >= 0.6 is 0 Å². The molecule has 88 valence electrons. The first-order valence-electron chi connectivity index (χ1n) is 6.16. The Balaban J connectivity index is 2.58. The van der Waals surface area contributed by atoms with Gasteiger partial charge in [-0.25, -0.2) is 0 Å². The molecule has 1 heteroatoms. The molecule has 0 heterocycles. The standard InChI is InChI=1S/C14H26O/c1-10-7-13(14(4,5)8-10)12(3)6-11(2)9-15/h8,11-13,15H,6-7,9H2,1-5H3. The molecule has 0 aromatic carbocycles. The molecule has 1 N–H and O–H groups in total. The third-order valence-corrected chi connectivity index (χ3v) is 3.89. The monoisotopic (exact) mass is 210 g/mol. The van der Waals surface area contributed by atoms with Gasteiger partial charge >= 0.3 is 0 Å². The highest BCUT2D eigenvalue weighted by molar-refractivity contribution is 5.16. The zero-order valence-electron chi connectivity index (χ0n) is 10.9. The summed E-state index contributed by atoms with van der Waals surface area (Å²) in [6, 6.07) is 0. The number of aliphatic hydroxyl groups excluding tert-OH is 1. The van der Waals surface area contributed by atoms with Crippen LogP contribution in [0.2, 0.25) is 0 Å². The topological polar surface area (TPSA) is 20.2 Å². The molecule has 0 bridgehead atoms. The summed E-state index contributed by atoms with van der Waals surface area (Å²) < 4.78 is 0. The Bertz CT molecular complexity index is 240. The molecular weight excluding hydrogens is 184 g/mol. The number of aliphatic hydroxyl groups is 1. The highest BCUT2D eigenvalue weighted by Gasteiger charge is 2.36. The smallest absolute Gasteiger partial charge is 0.0456 e. The van der Waals surface area contributed by atoms with Gasteiger partial charge in [-0.05, 0) is 42.9 Å². The van der Waals surface area contributed by atoms with Crippen molar-refractivity contribution in [2.24, 2.45) is 23.2 Å². The van der Waals surface area contributed by atoms with Crippen LogP contribution in [-0.4, -0.2) is 11.7 Å². The van der Waals surface area contributed by atoms with Crippen LogP contribution in [0.4, 0.5) is 0 Å². The van der Waals surface area contributed by atoms with Crippen molar-refractivity contribution in [1.82, 2.24) is 0 Å². The van der Waals surface area contributed by atoms with E-state index in [-0.39, 0.29) is 0 Å². The lowest BCUT2D eigenvalue weighted by molar-refractivity contribution is 0.158. The lowest BCUT2D eigenvalue weighted by atomic mass is 9.72. The van der Waals surface area contributed by atoms with Gasteiger partial charge in [0.15, 0.2) is 0 Å². The van der Waals surface area contributed by atoms with Crippen molar-refractivity contribution in [1.29, 1.82) is 0 Å². The average Bonchev–Trinajstić information content (AvgIpc) is 2.39. The van der Waals surface area contributed by atoms with Crippen LogP contribution in [0.5, 0.6) is 0 Å². The summed E-state index contributed by atoms with van der Waals surface area (Å²) >= 11 is 0. The molecule has 0 fully saturated rings. The van der Waals surface area contributed by atoms with Crippen molar-refractivity contribution in [2.75, 3.05) is 6.61 Å². The third kappa shape index (κ3) is 3.07. The summed E-state index contributed by atoms with van der Waals surface area (Å²) in [7, 11) is 0. The van der Waals surface area contributed by atoms with Crippen LogP contribution in [-0.2, 0) is 0 Å². The van der Waals surface area contributed by atoms with Crippen LogP contribution in [0.15, 0.2) is 11.6 Å². The minimum Gasteiger partial charge on any atom is -0.396 e. The normalized spacial score (nSPS) is 28.7. The van der Waals surface area contributed by atoms with Crippen molar-refractivity contribution in [2.45, 2.75) is 47.5 Å². The molecule has 0 saturated heterocycles. The third-order valence-electron chi connectivity index (χ3n) is 3.89. The number of allylic oxidation sites excluding steroid dienone is 2. The van der Waals surface area contributed by atoms with Gasteiger partial charge in [0.25, 0.3) is 0 Å². The minimum atomic E-state index is 0.323. The molecule has 0 saturated carbocycles. The second-order valence-electron chi connectivity index (χ2n) is 6.12. The van der Waals surface area contributed by atoms with Crippen molar-refractivity contribution in [3.05, 3.63) is 11.6 Å². The highest BCUT2D eigenvalue weighted by atomic mass is 16.3. The number of hydrogen-bond acceptors (Lipinski definition) is 1. The van der Waals surface area contributed by atoms with E-state index < -0.39 is 0 Å². The van der Waals surface area contributed by atoms with E-state index >= 15 is 0 Å².